The van der Waals surface area contributed by atoms with Crippen molar-refractivity contribution < 1.29 is 4.79 Å². The van der Waals surface area contributed by atoms with E-state index in [-0.39, 0.29) is 23.4 Å². The van der Waals surface area contributed by atoms with Crippen molar-refractivity contribution in [2.75, 3.05) is 12.8 Å². The van der Waals surface area contributed by atoms with Crippen LogP contribution in [0.1, 0.15) is 43.5 Å². The molecule has 0 radical (unpaired) electrons. The van der Waals surface area contributed by atoms with Gasteiger partial charge in [0.1, 0.15) is 5.71 Å². The zero-order valence-corrected chi connectivity index (χ0v) is 20.9. The highest BCUT2D eigenvalue weighted by Gasteiger charge is 2.23. The lowest BCUT2D eigenvalue weighted by Crippen LogP contribution is -2.34. The summed E-state index contributed by atoms with van der Waals surface area (Å²) in [4.78, 5) is 39.4. The van der Waals surface area contributed by atoms with Crippen molar-refractivity contribution >= 4 is 28.9 Å². The number of rotatable bonds is 2. The summed E-state index contributed by atoms with van der Waals surface area (Å²) in [7, 11) is 1.61. The van der Waals surface area contributed by atoms with Crippen LogP contribution in [0.2, 0.25) is 5.02 Å². The predicted molar refractivity (Wildman–Crippen MR) is 142 cm³/mol. The third-order valence-corrected chi connectivity index (χ3v) is 6.57. The summed E-state index contributed by atoms with van der Waals surface area (Å²) < 4.78 is 1.60. The van der Waals surface area contributed by atoms with Crippen LogP contribution in [0.3, 0.4) is 0 Å². The molecule has 2 unspecified atom stereocenters. The Hall–Kier alpha value is -3.98. The smallest absolute Gasteiger partial charge is 0.254 e. The molecule has 3 aromatic rings. The molecule has 1 aromatic carbocycles. The number of benzene rings is 1. The van der Waals surface area contributed by atoms with Gasteiger partial charge in [0.2, 0.25) is 5.91 Å². The van der Waals surface area contributed by atoms with Crippen LogP contribution in [0.15, 0.2) is 70.6 Å². The molecule has 0 saturated heterocycles. The first-order valence-corrected chi connectivity index (χ1v) is 12.0. The third-order valence-electron chi connectivity index (χ3n) is 6.34. The molecule has 1 amide bonds. The first kappa shape index (κ1) is 25.1. The predicted octanol–water partition coefficient (Wildman–Crippen LogP) is 3.29. The van der Waals surface area contributed by atoms with E-state index in [1.807, 2.05) is 19.1 Å². The van der Waals surface area contributed by atoms with Crippen LogP contribution in [0.25, 0.3) is 11.3 Å². The zero-order chi connectivity index (χ0) is 25.8. The second-order valence-electron chi connectivity index (χ2n) is 8.72. The van der Waals surface area contributed by atoms with Crippen LogP contribution in [-0.2, 0) is 4.79 Å². The van der Waals surface area contributed by atoms with Gasteiger partial charge in [0.05, 0.1) is 29.5 Å². The molecule has 1 aliphatic rings. The van der Waals surface area contributed by atoms with Gasteiger partial charge >= 0.3 is 0 Å². The summed E-state index contributed by atoms with van der Waals surface area (Å²) in [5, 5.41) is 3.37. The van der Waals surface area contributed by atoms with E-state index in [0.717, 1.165) is 5.56 Å². The maximum atomic E-state index is 13.3. The minimum atomic E-state index is -0.324. The number of nitrogens with zero attached hydrogens (tertiary/aromatic N) is 4. The van der Waals surface area contributed by atoms with Gasteiger partial charge in [-0.15, -0.1) is 0 Å². The van der Waals surface area contributed by atoms with Gasteiger partial charge in [0.25, 0.3) is 5.56 Å². The second kappa shape index (κ2) is 10.7. The maximum absolute atomic E-state index is 13.3. The van der Waals surface area contributed by atoms with E-state index in [1.54, 1.807) is 36.0 Å². The van der Waals surface area contributed by atoms with Gasteiger partial charge in [-0.05, 0) is 48.7 Å². The van der Waals surface area contributed by atoms with Crippen molar-refractivity contribution in [3.63, 3.8) is 0 Å². The van der Waals surface area contributed by atoms with E-state index in [4.69, 9.17) is 23.1 Å². The number of pyridine rings is 1. The van der Waals surface area contributed by atoms with Crippen LogP contribution in [-0.4, -0.2) is 33.2 Å². The Kier molecular flexibility index (Phi) is 7.49. The number of fused-ring (bicyclic) bond motifs is 2. The van der Waals surface area contributed by atoms with Gasteiger partial charge in [-0.3, -0.25) is 24.1 Å². The van der Waals surface area contributed by atoms with Crippen molar-refractivity contribution in [3.05, 3.63) is 87.5 Å². The Balaban J connectivity index is 1.80. The standard InChI is InChI=1S/C26H28ClN7O2/c1-15-4-3-5-23(16-8-9-31-21(10-16)25(30-2)22(13-28)33-26(15)36)34-14-32-20(12-24(34)35)18-11-17(27)6-7-19(18)29/h6-15,23H,3-5,28-29H2,1-2H3,(H,33,36). The van der Waals surface area contributed by atoms with Crippen molar-refractivity contribution in [3.8, 4) is 11.3 Å². The van der Waals surface area contributed by atoms with E-state index < -0.39 is 0 Å². The van der Waals surface area contributed by atoms with Crippen LogP contribution in [0.4, 0.5) is 5.69 Å². The summed E-state index contributed by atoms with van der Waals surface area (Å²) in [6, 6.07) is 9.94. The molecular formula is C26H28ClN7O2. The Morgan fingerprint density at radius 2 is 1.94 bits per heavy atom. The lowest BCUT2D eigenvalue weighted by atomic mass is 9.95. The van der Waals surface area contributed by atoms with Gasteiger partial charge in [-0.1, -0.05) is 24.9 Å². The number of nitrogens with one attached hydrogen (secondary N) is 1. The monoisotopic (exact) mass is 505 g/mol. The quantitative estimate of drug-likeness (QED) is 0.456. The molecule has 10 heteroatoms. The number of anilines is 1. The Bertz CT molecular complexity index is 1410. The van der Waals surface area contributed by atoms with Gasteiger partial charge in [-0.25, -0.2) is 4.98 Å². The van der Waals surface area contributed by atoms with E-state index in [0.29, 0.717) is 58.3 Å². The third kappa shape index (κ3) is 5.16. The van der Waals surface area contributed by atoms with Gasteiger partial charge in [0, 0.05) is 47.7 Å². The molecule has 2 bridgehead atoms. The average Bonchev–Trinajstić information content (AvgIpc) is 2.87. The van der Waals surface area contributed by atoms with E-state index in [1.165, 1.54) is 18.6 Å². The minimum Gasteiger partial charge on any atom is -0.403 e. The number of aromatic nitrogens is 3. The van der Waals surface area contributed by atoms with Crippen molar-refractivity contribution in [2.45, 2.75) is 32.2 Å². The molecule has 0 spiro atoms. The number of aliphatic imine (C=N–C) groups is 1. The van der Waals surface area contributed by atoms with Crippen molar-refractivity contribution in [1.29, 1.82) is 0 Å². The Morgan fingerprint density at radius 3 is 2.67 bits per heavy atom. The number of nitrogen functional groups attached to an aromatic ring is 1. The van der Waals surface area contributed by atoms with Crippen LogP contribution in [0, 0.1) is 5.92 Å². The van der Waals surface area contributed by atoms with Gasteiger partial charge < -0.3 is 16.8 Å². The first-order valence-electron chi connectivity index (χ1n) is 11.6. The van der Waals surface area contributed by atoms with E-state index in [9.17, 15) is 9.59 Å². The number of hydrogen-bond acceptors (Lipinski definition) is 7. The number of nitrogens with two attached hydrogens (primary N) is 2. The fourth-order valence-corrected chi connectivity index (χ4v) is 4.52. The number of carbonyl (C=O) groups is 1. The van der Waals surface area contributed by atoms with Gasteiger partial charge in [-0.2, -0.15) is 0 Å². The number of halogens is 1. The number of allylic oxidation sites excluding steroid dienone is 1. The molecule has 0 saturated carbocycles. The molecule has 4 rings (SSSR count). The van der Waals surface area contributed by atoms with Crippen LogP contribution < -0.4 is 22.3 Å². The zero-order valence-electron chi connectivity index (χ0n) is 20.1. The SMILES string of the molecule is CN=C1C(=CN)NC(=O)C(C)CCCC(n2cnc(-c3cc(Cl)ccc3N)cc2=O)c2ccnc1c2. The molecule has 0 fully saturated rings. The highest BCUT2D eigenvalue weighted by atomic mass is 35.5. The van der Waals surface area contributed by atoms with Gasteiger partial charge in [0.15, 0.2) is 0 Å². The topological polar surface area (TPSA) is 141 Å². The first-order chi connectivity index (χ1) is 17.3. The normalized spacial score (nSPS) is 21.0. The summed E-state index contributed by atoms with van der Waals surface area (Å²) in [6.45, 7) is 1.86. The number of hydrogen-bond donors (Lipinski definition) is 3. The highest BCUT2D eigenvalue weighted by Crippen LogP contribution is 2.29. The molecule has 9 nitrogen and oxygen atoms in total. The molecule has 2 aromatic heterocycles. The molecule has 36 heavy (non-hydrogen) atoms. The second-order valence-corrected chi connectivity index (χ2v) is 9.15. The lowest BCUT2D eigenvalue weighted by Gasteiger charge is -2.23. The largest absolute Gasteiger partial charge is 0.403 e. The minimum absolute atomic E-state index is 0.150. The maximum Gasteiger partial charge on any atom is 0.254 e. The van der Waals surface area contributed by atoms with Crippen molar-refractivity contribution in [1.82, 2.24) is 19.9 Å². The Morgan fingerprint density at radius 1 is 1.14 bits per heavy atom. The number of amides is 1. The summed E-state index contributed by atoms with van der Waals surface area (Å²) in [6.07, 6.45) is 6.48. The molecule has 1 aliphatic heterocycles. The van der Waals surface area contributed by atoms with E-state index >= 15 is 0 Å². The summed E-state index contributed by atoms with van der Waals surface area (Å²) >= 11 is 6.13. The van der Waals surface area contributed by atoms with Crippen LogP contribution >= 0.6 is 11.6 Å². The molecular weight excluding hydrogens is 478 g/mol. The fourth-order valence-electron chi connectivity index (χ4n) is 4.35. The Labute approximate surface area is 213 Å². The molecule has 2 atom stereocenters. The highest BCUT2D eigenvalue weighted by molar-refractivity contribution is 6.31. The lowest BCUT2D eigenvalue weighted by molar-refractivity contribution is -0.123. The molecule has 5 N–H and O–H groups in total. The fraction of sp³-hybridized carbons (Fsp3) is 0.269. The van der Waals surface area contributed by atoms with Crippen LogP contribution in [0.5, 0.6) is 0 Å². The average molecular weight is 506 g/mol. The molecule has 0 aliphatic carbocycles. The molecule has 3 heterocycles. The summed E-state index contributed by atoms with van der Waals surface area (Å²) in [5.74, 6) is -0.407. The van der Waals surface area contributed by atoms with E-state index in [2.05, 4.69) is 20.3 Å². The summed E-state index contributed by atoms with van der Waals surface area (Å²) in [5.41, 5.74) is 15.5. The number of carbonyl (C=O) groups excluding carboxylic acids is 1. The molecule has 186 valence electrons. The van der Waals surface area contributed by atoms with Crippen molar-refractivity contribution in [2.24, 2.45) is 16.6 Å².